The summed E-state index contributed by atoms with van der Waals surface area (Å²) < 4.78 is 14.0. The maximum absolute atomic E-state index is 14.0. The summed E-state index contributed by atoms with van der Waals surface area (Å²) in [4.78, 5) is 10.6. The number of phenols is 1. The Hall–Kier alpha value is -3.19. The van der Waals surface area contributed by atoms with Crippen molar-refractivity contribution < 1.29 is 9.50 Å². The van der Waals surface area contributed by atoms with Crippen LogP contribution in [0.5, 0.6) is 5.75 Å². The van der Waals surface area contributed by atoms with Gasteiger partial charge in [-0.05, 0) is 60.3 Å². The van der Waals surface area contributed by atoms with Gasteiger partial charge in [0.2, 0.25) is 0 Å². The molecule has 0 unspecified atom stereocenters. The molecular weight excluding hydrogens is 381 g/mol. The Morgan fingerprint density at radius 1 is 1.17 bits per heavy atom. The van der Waals surface area contributed by atoms with Gasteiger partial charge >= 0.3 is 0 Å². The minimum atomic E-state index is -0.616. The molecule has 0 spiro atoms. The monoisotopic (exact) mass is 405 g/mol. The SMILES string of the molecule is CCCN1Cc2nc(-c3n[nH]c4cc(-c5cc(F)c(O)cc5CC)ccc34)[nH]c2C1. The molecule has 0 bridgehead atoms. The van der Waals surface area contributed by atoms with Crippen LogP contribution in [-0.4, -0.2) is 36.7 Å². The van der Waals surface area contributed by atoms with Gasteiger partial charge < -0.3 is 10.1 Å². The van der Waals surface area contributed by atoms with Crippen LogP contribution < -0.4 is 0 Å². The lowest BCUT2D eigenvalue weighted by Gasteiger charge is -2.12. The average molecular weight is 405 g/mol. The Bertz CT molecular complexity index is 1220. The molecule has 154 valence electrons. The molecule has 0 fully saturated rings. The van der Waals surface area contributed by atoms with Crippen LogP contribution in [0, 0.1) is 5.82 Å². The summed E-state index contributed by atoms with van der Waals surface area (Å²) in [6.07, 6.45) is 1.83. The lowest BCUT2D eigenvalue weighted by molar-refractivity contribution is 0.281. The minimum Gasteiger partial charge on any atom is -0.505 e. The van der Waals surface area contributed by atoms with E-state index in [1.807, 2.05) is 25.1 Å². The first kappa shape index (κ1) is 18.8. The smallest absolute Gasteiger partial charge is 0.165 e. The number of hydrogen-bond donors (Lipinski definition) is 3. The molecule has 2 aromatic carbocycles. The van der Waals surface area contributed by atoms with Crippen molar-refractivity contribution in [1.29, 1.82) is 0 Å². The van der Waals surface area contributed by atoms with E-state index in [-0.39, 0.29) is 5.75 Å². The molecule has 1 aliphatic heterocycles. The predicted octanol–water partition coefficient (Wildman–Crippen LogP) is 4.75. The molecule has 3 heterocycles. The number of fused-ring (bicyclic) bond motifs is 2. The highest BCUT2D eigenvalue weighted by Gasteiger charge is 2.24. The third-order valence-electron chi connectivity index (χ3n) is 5.81. The molecule has 0 saturated carbocycles. The number of rotatable bonds is 5. The van der Waals surface area contributed by atoms with Crippen LogP contribution in [0.3, 0.4) is 0 Å². The molecule has 4 aromatic rings. The highest BCUT2D eigenvalue weighted by molar-refractivity contribution is 5.94. The van der Waals surface area contributed by atoms with Crippen LogP contribution >= 0.6 is 0 Å². The molecule has 30 heavy (non-hydrogen) atoms. The zero-order valence-electron chi connectivity index (χ0n) is 17.1. The van der Waals surface area contributed by atoms with Gasteiger partial charge in [-0.3, -0.25) is 10.00 Å². The van der Waals surface area contributed by atoms with Crippen LogP contribution in [-0.2, 0) is 19.5 Å². The van der Waals surface area contributed by atoms with E-state index in [1.165, 1.54) is 17.8 Å². The van der Waals surface area contributed by atoms with Gasteiger partial charge in [0, 0.05) is 18.5 Å². The van der Waals surface area contributed by atoms with Crippen LogP contribution in [0.1, 0.15) is 37.2 Å². The maximum Gasteiger partial charge on any atom is 0.165 e. The van der Waals surface area contributed by atoms with Crippen LogP contribution in [0.4, 0.5) is 4.39 Å². The third-order valence-corrected chi connectivity index (χ3v) is 5.81. The quantitative estimate of drug-likeness (QED) is 0.447. The van der Waals surface area contributed by atoms with Gasteiger partial charge in [-0.2, -0.15) is 5.10 Å². The van der Waals surface area contributed by atoms with E-state index in [2.05, 4.69) is 27.0 Å². The molecule has 0 aliphatic carbocycles. The number of aromatic hydroxyl groups is 1. The Labute approximate surface area is 173 Å². The molecule has 0 amide bonds. The Balaban J connectivity index is 1.50. The number of hydrogen-bond acceptors (Lipinski definition) is 4. The van der Waals surface area contributed by atoms with Crippen molar-refractivity contribution in [1.82, 2.24) is 25.1 Å². The van der Waals surface area contributed by atoms with E-state index < -0.39 is 5.82 Å². The van der Waals surface area contributed by atoms with Crippen molar-refractivity contribution in [2.24, 2.45) is 0 Å². The molecule has 6 nitrogen and oxygen atoms in total. The Morgan fingerprint density at radius 3 is 2.80 bits per heavy atom. The van der Waals surface area contributed by atoms with Crippen molar-refractivity contribution in [3.8, 4) is 28.4 Å². The number of imidazole rings is 1. The van der Waals surface area contributed by atoms with Crippen molar-refractivity contribution in [2.75, 3.05) is 6.54 Å². The number of nitrogens with one attached hydrogen (secondary N) is 2. The summed E-state index contributed by atoms with van der Waals surface area (Å²) in [7, 11) is 0. The fourth-order valence-corrected chi connectivity index (χ4v) is 4.32. The standard InChI is InChI=1S/C23H24FN5O/c1-3-7-29-11-19-20(12-29)26-23(25-19)22-15-6-5-14(8-18(15)27-28-22)16-10-17(24)21(30)9-13(16)4-2/h5-6,8-10,30H,3-4,7,11-12H2,1-2H3,(H,25,26)(H,27,28). The highest BCUT2D eigenvalue weighted by atomic mass is 19.1. The number of aromatic nitrogens is 4. The lowest BCUT2D eigenvalue weighted by atomic mass is 9.96. The highest BCUT2D eigenvalue weighted by Crippen LogP contribution is 2.34. The number of benzene rings is 2. The fraction of sp³-hybridized carbons (Fsp3) is 0.304. The molecule has 5 rings (SSSR count). The van der Waals surface area contributed by atoms with Gasteiger partial charge in [0.25, 0.3) is 0 Å². The topological polar surface area (TPSA) is 80.8 Å². The summed E-state index contributed by atoms with van der Waals surface area (Å²) in [5, 5.41) is 18.2. The number of aromatic amines is 2. The molecule has 0 atom stereocenters. The zero-order valence-corrected chi connectivity index (χ0v) is 17.1. The summed E-state index contributed by atoms with van der Waals surface area (Å²) >= 11 is 0. The first-order chi connectivity index (χ1) is 14.6. The van der Waals surface area contributed by atoms with Gasteiger partial charge in [0.05, 0.1) is 16.9 Å². The maximum atomic E-state index is 14.0. The fourth-order valence-electron chi connectivity index (χ4n) is 4.32. The van der Waals surface area contributed by atoms with Gasteiger partial charge in [0.15, 0.2) is 17.4 Å². The van der Waals surface area contributed by atoms with Gasteiger partial charge in [0.1, 0.15) is 5.69 Å². The first-order valence-electron chi connectivity index (χ1n) is 10.4. The second kappa shape index (κ2) is 7.25. The van der Waals surface area contributed by atoms with E-state index in [0.717, 1.165) is 70.9 Å². The van der Waals surface area contributed by atoms with Crippen LogP contribution in [0.15, 0.2) is 30.3 Å². The van der Waals surface area contributed by atoms with Gasteiger partial charge in [-0.1, -0.05) is 19.9 Å². The predicted molar refractivity (Wildman–Crippen MR) is 115 cm³/mol. The number of aryl methyl sites for hydroxylation is 1. The zero-order chi connectivity index (χ0) is 20.8. The largest absolute Gasteiger partial charge is 0.505 e. The van der Waals surface area contributed by atoms with E-state index in [9.17, 15) is 9.50 Å². The van der Waals surface area contributed by atoms with Crippen molar-refractivity contribution in [2.45, 2.75) is 39.8 Å². The molecule has 1 aliphatic rings. The van der Waals surface area contributed by atoms with E-state index >= 15 is 0 Å². The van der Waals surface area contributed by atoms with E-state index in [4.69, 9.17) is 4.98 Å². The Morgan fingerprint density at radius 2 is 2.03 bits per heavy atom. The average Bonchev–Trinajstić information content (AvgIpc) is 3.42. The number of nitrogens with zero attached hydrogens (tertiary/aromatic N) is 3. The number of H-pyrrole nitrogens is 2. The second-order valence-corrected chi connectivity index (χ2v) is 7.87. The van der Waals surface area contributed by atoms with Crippen molar-refractivity contribution in [3.05, 3.63) is 53.1 Å². The van der Waals surface area contributed by atoms with Gasteiger partial charge in [-0.25, -0.2) is 9.37 Å². The summed E-state index contributed by atoms with van der Waals surface area (Å²) in [6, 6.07) is 8.82. The molecular formula is C23H24FN5O. The molecule has 2 aromatic heterocycles. The second-order valence-electron chi connectivity index (χ2n) is 7.87. The van der Waals surface area contributed by atoms with Crippen molar-refractivity contribution >= 4 is 10.9 Å². The molecule has 3 N–H and O–H groups in total. The van der Waals surface area contributed by atoms with E-state index in [0.29, 0.717) is 6.42 Å². The first-order valence-corrected chi connectivity index (χ1v) is 10.4. The Kier molecular flexibility index (Phi) is 4.55. The summed E-state index contributed by atoms with van der Waals surface area (Å²) in [5.74, 6) is -0.154. The minimum absolute atomic E-state index is 0.316. The summed E-state index contributed by atoms with van der Waals surface area (Å²) in [5.41, 5.74) is 6.47. The normalized spacial score (nSPS) is 14.0. The molecule has 0 saturated heterocycles. The van der Waals surface area contributed by atoms with E-state index in [1.54, 1.807) is 0 Å². The van der Waals surface area contributed by atoms with Crippen LogP contribution in [0.2, 0.25) is 0 Å². The lowest BCUT2D eigenvalue weighted by Crippen LogP contribution is -2.17. The number of halogens is 1. The third kappa shape index (κ3) is 3.06. The summed E-state index contributed by atoms with van der Waals surface area (Å²) in [6.45, 7) is 7.02. The number of phenolic OH excluding ortho intramolecular Hbond substituents is 1. The van der Waals surface area contributed by atoms with Gasteiger partial charge in [-0.15, -0.1) is 0 Å². The van der Waals surface area contributed by atoms with Crippen molar-refractivity contribution in [3.63, 3.8) is 0 Å². The molecule has 0 radical (unpaired) electrons. The molecule has 7 heteroatoms. The van der Waals surface area contributed by atoms with Crippen LogP contribution in [0.25, 0.3) is 33.5 Å².